The summed E-state index contributed by atoms with van der Waals surface area (Å²) in [5.41, 5.74) is 1.50. The van der Waals surface area contributed by atoms with Gasteiger partial charge in [-0.2, -0.15) is 0 Å². The number of nitrogens with one attached hydrogen (secondary N) is 1. The summed E-state index contributed by atoms with van der Waals surface area (Å²) in [5, 5.41) is 9.49. The molecule has 0 unspecified atom stereocenters. The smallest absolute Gasteiger partial charge is 0.349 e. The molecule has 1 heterocycles. The summed E-state index contributed by atoms with van der Waals surface area (Å²) in [6.45, 7) is 3.13. The molecule has 0 saturated carbocycles. The Hall–Kier alpha value is -2.23. The van der Waals surface area contributed by atoms with E-state index in [4.69, 9.17) is 9.88 Å². The van der Waals surface area contributed by atoms with Crippen molar-refractivity contribution < 1.29 is 22.7 Å². The fourth-order valence-corrected chi connectivity index (χ4v) is 3.42. The Kier molecular flexibility index (Phi) is 5.93. The van der Waals surface area contributed by atoms with Crippen LogP contribution in [0, 0.1) is 6.92 Å². The summed E-state index contributed by atoms with van der Waals surface area (Å²) < 4.78 is 27.4. The van der Waals surface area contributed by atoms with Crippen LogP contribution in [-0.2, 0) is 19.6 Å². The van der Waals surface area contributed by atoms with E-state index in [1.807, 2.05) is 0 Å². The van der Waals surface area contributed by atoms with Gasteiger partial charge in [0.1, 0.15) is 4.88 Å². The lowest BCUT2D eigenvalue weighted by atomic mass is 10.1. The average molecular weight is 382 g/mol. The normalized spacial score (nSPS) is 12.4. The highest BCUT2D eigenvalue weighted by molar-refractivity contribution is 7.89. The number of esters is 1. The Balaban J connectivity index is 1.89. The van der Waals surface area contributed by atoms with Crippen molar-refractivity contribution in [2.45, 2.75) is 24.8 Å². The van der Waals surface area contributed by atoms with Gasteiger partial charge in [-0.1, -0.05) is 12.1 Å². The molecule has 1 aromatic heterocycles. The number of carbonyl (C=O) groups is 2. The van der Waals surface area contributed by atoms with Gasteiger partial charge in [0.05, 0.1) is 10.9 Å². The minimum atomic E-state index is -3.76. The third kappa shape index (κ3) is 5.12. The highest BCUT2D eigenvalue weighted by Crippen LogP contribution is 2.17. The highest BCUT2D eigenvalue weighted by Gasteiger charge is 2.16. The summed E-state index contributed by atoms with van der Waals surface area (Å²) in [6, 6.07) is 7.27. The monoisotopic (exact) mass is 382 g/mol. The van der Waals surface area contributed by atoms with E-state index < -0.39 is 28.5 Å². The van der Waals surface area contributed by atoms with Crippen molar-refractivity contribution in [3.05, 3.63) is 51.7 Å². The first kappa shape index (κ1) is 19.1. The van der Waals surface area contributed by atoms with Gasteiger partial charge in [-0.15, -0.1) is 11.3 Å². The zero-order chi connectivity index (χ0) is 18.6. The summed E-state index contributed by atoms with van der Waals surface area (Å²) in [7, 11) is -3.76. The van der Waals surface area contributed by atoms with Crippen LogP contribution in [0.3, 0.4) is 0 Å². The number of thiophene rings is 1. The maximum absolute atomic E-state index is 11.9. The maximum Gasteiger partial charge on any atom is 0.349 e. The molecule has 1 aromatic carbocycles. The Bertz CT molecular complexity index is 872. The van der Waals surface area contributed by atoms with Gasteiger partial charge in [-0.05, 0) is 48.6 Å². The van der Waals surface area contributed by atoms with Crippen molar-refractivity contribution in [1.29, 1.82) is 0 Å². The zero-order valence-corrected chi connectivity index (χ0v) is 15.3. The number of ether oxygens (including phenoxy) is 1. The van der Waals surface area contributed by atoms with E-state index in [0.717, 1.165) is 5.56 Å². The quantitative estimate of drug-likeness (QED) is 0.738. The minimum Gasteiger partial charge on any atom is -0.451 e. The number of rotatable bonds is 6. The molecule has 0 spiro atoms. The molecule has 2 aromatic rings. The number of aryl methyl sites for hydroxylation is 1. The molecule has 134 valence electrons. The second-order valence-electron chi connectivity index (χ2n) is 5.41. The lowest BCUT2D eigenvalue weighted by Crippen LogP contribution is -2.31. The first-order valence-electron chi connectivity index (χ1n) is 7.32. The molecule has 1 atom stereocenters. The molecule has 3 N–H and O–H groups in total. The number of hydrogen-bond donors (Lipinski definition) is 2. The second-order valence-corrected chi connectivity index (χ2v) is 7.89. The molecule has 0 saturated heterocycles. The Labute approximate surface area is 149 Å². The fraction of sp³-hybridized carbons (Fsp3) is 0.250. The van der Waals surface area contributed by atoms with E-state index in [1.54, 1.807) is 37.4 Å². The van der Waals surface area contributed by atoms with Crippen LogP contribution < -0.4 is 10.5 Å². The fourth-order valence-electron chi connectivity index (χ4n) is 2.09. The molecular formula is C16H18N2O5S2. The molecule has 0 radical (unpaired) electrons. The van der Waals surface area contributed by atoms with Gasteiger partial charge in [-0.3, -0.25) is 4.79 Å². The lowest BCUT2D eigenvalue weighted by Gasteiger charge is -2.14. The summed E-state index contributed by atoms with van der Waals surface area (Å²) in [4.78, 5) is 24.2. The van der Waals surface area contributed by atoms with Gasteiger partial charge in [0, 0.05) is 0 Å². The number of sulfonamides is 1. The molecular weight excluding hydrogens is 364 g/mol. The second kappa shape index (κ2) is 7.77. The van der Waals surface area contributed by atoms with Gasteiger partial charge in [0.25, 0.3) is 5.91 Å². The minimum absolute atomic E-state index is 0.00461. The van der Waals surface area contributed by atoms with Crippen LogP contribution in [0.15, 0.2) is 40.6 Å². The molecule has 0 aliphatic heterocycles. The third-order valence-electron chi connectivity index (χ3n) is 3.47. The van der Waals surface area contributed by atoms with E-state index >= 15 is 0 Å². The summed E-state index contributed by atoms with van der Waals surface area (Å²) in [5.74, 6) is -0.988. The van der Waals surface area contributed by atoms with Crippen LogP contribution >= 0.6 is 11.3 Å². The molecule has 0 fully saturated rings. The van der Waals surface area contributed by atoms with E-state index in [-0.39, 0.29) is 10.9 Å². The number of primary sulfonamides is 1. The van der Waals surface area contributed by atoms with E-state index in [1.165, 1.54) is 23.5 Å². The first-order valence-corrected chi connectivity index (χ1v) is 9.74. The number of carbonyl (C=O) groups excluding carboxylic acids is 2. The Morgan fingerprint density at radius 1 is 1.24 bits per heavy atom. The van der Waals surface area contributed by atoms with Crippen molar-refractivity contribution in [3.63, 3.8) is 0 Å². The molecule has 0 bridgehead atoms. The largest absolute Gasteiger partial charge is 0.451 e. The van der Waals surface area contributed by atoms with Crippen molar-refractivity contribution in [1.82, 2.24) is 5.32 Å². The SMILES string of the molecule is Cc1ccsc1C(=O)OCC(=O)N[C@@H](C)c1ccc(S(N)(=O)=O)cc1. The number of hydrogen-bond acceptors (Lipinski definition) is 6. The van der Waals surface area contributed by atoms with Gasteiger partial charge in [0.15, 0.2) is 6.61 Å². The number of benzene rings is 1. The van der Waals surface area contributed by atoms with Crippen LogP contribution in [0.2, 0.25) is 0 Å². The molecule has 2 rings (SSSR count). The van der Waals surface area contributed by atoms with Crippen LogP contribution in [0.5, 0.6) is 0 Å². The Morgan fingerprint density at radius 3 is 2.40 bits per heavy atom. The molecule has 0 aliphatic carbocycles. The number of amides is 1. The maximum atomic E-state index is 11.9. The van der Waals surface area contributed by atoms with Gasteiger partial charge >= 0.3 is 5.97 Å². The van der Waals surface area contributed by atoms with Crippen molar-refractivity contribution in [2.75, 3.05) is 6.61 Å². The van der Waals surface area contributed by atoms with Crippen LogP contribution in [-0.4, -0.2) is 26.9 Å². The molecule has 0 aliphatic rings. The lowest BCUT2D eigenvalue weighted by molar-refractivity contribution is -0.124. The predicted molar refractivity (Wildman–Crippen MR) is 93.7 cm³/mol. The third-order valence-corrected chi connectivity index (χ3v) is 5.39. The van der Waals surface area contributed by atoms with Crippen molar-refractivity contribution in [2.24, 2.45) is 5.14 Å². The van der Waals surface area contributed by atoms with Crippen LogP contribution in [0.1, 0.15) is 33.8 Å². The molecule has 1 amide bonds. The van der Waals surface area contributed by atoms with Crippen LogP contribution in [0.25, 0.3) is 0 Å². The topological polar surface area (TPSA) is 116 Å². The number of nitrogens with two attached hydrogens (primary N) is 1. The zero-order valence-electron chi connectivity index (χ0n) is 13.7. The summed E-state index contributed by atoms with van der Waals surface area (Å²) >= 11 is 1.26. The molecule has 9 heteroatoms. The average Bonchev–Trinajstić information content (AvgIpc) is 2.98. The van der Waals surface area contributed by atoms with Gasteiger partial charge in [-0.25, -0.2) is 18.4 Å². The highest BCUT2D eigenvalue weighted by atomic mass is 32.2. The van der Waals surface area contributed by atoms with E-state index in [9.17, 15) is 18.0 Å². The standard InChI is InChI=1S/C16H18N2O5S2/c1-10-7-8-24-15(10)16(20)23-9-14(19)18-11(2)12-3-5-13(6-4-12)25(17,21)22/h3-8,11H,9H2,1-2H3,(H,18,19)(H2,17,21,22)/t11-/m0/s1. The first-order chi connectivity index (χ1) is 11.7. The molecule has 7 nitrogen and oxygen atoms in total. The van der Waals surface area contributed by atoms with Crippen molar-refractivity contribution >= 4 is 33.2 Å². The van der Waals surface area contributed by atoms with Crippen molar-refractivity contribution in [3.8, 4) is 0 Å². The van der Waals surface area contributed by atoms with Gasteiger partial charge in [0.2, 0.25) is 10.0 Å². The molecule has 25 heavy (non-hydrogen) atoms. The predicted octanol–water partition coefficient (Wildman–Crippen LogP) is 1.74. The van der Waals surface area contributed by atoms with E-state index in [2.05, 4.69) is 5.32 Å². The van der Waals surface area contributed by atoms with Crippen LogP contribution in [0.4, 0.5) is 0 Å². The van der Waals surface area contributed by atoms with Gasteiger partial charge < -0.3 is 10.1 Å². The Morgan fingerprint density at radius 2 is 1.88 bits per heavy atom. The summed E-state index contributed by atoms with van der Waals surface area (Å²) in [6.07, 6.45) is 0. The van der Waals surface area contributed by atoms with E-state index in [0.29, 0.717) is 10.4 Å².